The van der Waals surface area contributed by atoms with Crippen LogP contribution in [0, 0.1) is 44.8 Å². The summed E-state index contributed by atoms with van der Waals surface area (Å²) in [6.45, 7) is 14.7. The number of carbonyl (C=O) groups is 1. The fourth-order valence-electron chi connectivity index (χ4n) is 15.2. The molecule has 8 N–H and O–H groups in total. The third-order valence-corrected chi connectivity index (χ3v) is 17.8. The molecule has 15 nitrogen and oxygen atoms in total. The van der Waals surface area contributed by atoms with Crippen LogP contribution in [0.3, 0.4) is 0 Å². The quantitative estimate of drug-likeness (QED) is 0.0988. The Morgan fingerprint density at radius 3 is 2.21 bits per heavy atom. The molecule has 0 radical (unpaired) electrons. The summed E-state index contributed by atoms with van der Waals surface area (Å²) in [6.07, 6.45) is -6.46. The summed E-state index contributed by atoms with van der Waals surface area (Å²) in [5.74, 6) is -3.75. The van der Waals surface area contributed by atoms with E-state index in [-0.39, 0.29) is 50.9 Å². The van der Waals surface area contributed by atoms with Crippen LogP contribution >= 0.6 is 0 Å². The molecular weight excluding hydrogens is 756 g/mol. The molecule has 3 heterocycles. The molecule has 8 aliphatic rings. The van der Waals surface area contributed by atoms with Gasteiger partial charge in [0, 0.05) is 12.8 Å². The average molecular weight is 827 g/mol. The highest BCUT2D eigenvalue weighted by Crippen LogP contribution is 2.89. The minimum Gasteiger partial charge on any atom is -0.454 e. The SMILES string of the molecule is CC(=O)O[C@@H]1[C@@H](O[C@]2(O)[C@H](O)[C@@H](CO)O[C@@H](O[C@@H]3CC4C5(CC[C@@]6(C)[C@@H](C7(C)CC[C@H](C(C)(C)O)O7)[C@H](O)C[C@]46C)C[C@]54CCCC(C)(C)C34)[C@@H]2O)OC[C@H](O)[C@H]1O. The van der Waals surface area contributed by atoms with Gasteiger partial charge in [0.2, 0.25) is 12.1 Å². The van der Waals surface area contributed by atoms with Crippen molar-refractivity contribution in [3.05, 3.63) is 0 Å². The van der Waals surface area contributed by atoms with Crippen molar-refractivity contribution in [2.45, 2.75) is 204 Å². The zero-order valence-electron chi connectivity index (χ0n) is 35.5. The lowest BCUT2D eigenvalue weighted by Gasteiger charge is -2.64. The molecule has 5 saturated carbocycles. The van der Waals surface area contributed by atoms with E-state index in [2.05, 4.69) is 34.6 Å². The molecule has 5 aliphatic carbocycles. The van der Waals surface area contributed by atoms with Crippen LogP contribution in [0.15, 0.2) is 0 Å². The molecule has 8 rings (SSSR count). The van der Waals surface area contributed by atoms with Crippen LogP contribution in [-0.4, -0.2) is 145 Å². The molecule has 2 spiro atoms. The van der Waals surface area contributed by atoms with Crippen molar-refractivity contribution in [2.75, 3.05) is 13.2 Å². The Hall–Kier alpha value is -1.05. The molecule has 15 heteroatoms. The highest BCUT2D eigenvalue weighted by molar-refractivity contribution is 5.66. The van der Waals surface area contributed by atoms with Gasteiger partial charge in [0.05, 0.1) is 42.7 Å². The highest BCUT2D eigenvalue weighted by Gasteiger charge is 2.84. The van der Waals surface area contributed by atoms with Gasteiger partial charge < -0.3 is 69.3 Å². The molecule has 0 aromatic heterocycles. The second-order valence-electron chi connectivity index (χ2n) is 21.8. The van der Waals surface area contributed by atoms with Gasteiger partial charge in [0.15, 0.2) is 18.5 Å². The van der Waals surface area contributed by atoms with E-state index in [1.54, 1.807) is 13.8 Å². The number of esters is 1. The fraction of sp³-hybridized carbons (Fsp3) is 0.977. The first kappa shape index (κ1) is 43.6. The van der Waals surface area contributed by atoms with Crippen LogP contribution in [0.5, 0.6) is 0 Å². The number of hydrogen-bond donors (Lipinski definition) is 8. The van der Waals surface area contributed by atoms with Gasteiger partial charge in [0.25, 0.3) is 0 Å². The smallest absolute Gasteiger partial charge is 0.303 e. The van der Waals surface area contributed by atoms with Gasteiger partial charge in [0.1, 0.15) is 24.4 Å². The molecule has 0 aromatic rings. The lowest BCUT2D eigenvalue weighted by atomic mass is 9.41. The van der Waals surface area contributed by atoms with E-state index in [1.807, 2.05) is 0 Å². The van der Waals surface area contributed by atoms with Gasteiger partial charge in [-0.25, -0.2) is 0 Å². The van der Waals surface area contributed by atoms with Crippen molar-refractivity contribution in [1.29, 1.82) is 0 Å². The maximum absolute atomic E-state index is 12.2. The Labute approximate surface area is 341 Å². The maximum atomic E-state index is 12.2. The van der Waals surface area contributed by atoms with Gasteiger partial charge >= 0.3 is 5.97 Å². The normalized spacial score (nSPS) is 56.1. The molecule has 4 unspecified atom stereocenters. The first-order chi connectivity index (χ1) is 26.8. The lowest BCUT2D eigenvalue weighted by molar-refractivity contribution is -0.442. The Bertz CT molecular complexity index is 1590. The van der Waals surface area contributed by atoms with E-state index >= 15 is 0 Å². The molecular formula is C43H70O15. The minimum atomic E-state index is -2.91. The van der Waals surface area contributed by atoms with Crippen molar-refractivity contribution < 1.29 is 74.1 Å². The predicted molar refractivity (Wildman–Crippen MR) is 203 cm³/mol. The highest BCUT2D eigenvalue weighted by atomic mass is 16.8. The van der Waals surface area contributed by atoms with E-state index in [0.717, 1.165) is 51.9 Å². The molecule has 0 amide bonds. The van der Waals surface area contributed by atoms with Crippen molar-refractivity contribution in [3.63, 3.8) is 0 Å². The molecule has 0 aromatic carbocycles. The first-order valence-electron chi connectivity index (χ1n) is 21.8. The predicted octanol–water partition coefficient (Wildman–Crippen LogP) is 1.64. The van der Waals surface area contributed by atoms with E-state index in [1.165, 1.54) is 0 Å². The number of aliphatic hydroxyl groups excluding tert-OH is 6. The summed E-state index contributed by atoms with van der Waals surface area (Å²) in [5.41, 5.74) is -2.49. The van der Waals surface area contributed by atoms with Gasteiger partial charge in [-0.2, -0.15) is 0 Å². The van der Waals surface area contributed by atoms with E-state index in [4.69, 9.17) is 28.4 Å². The van der Waals surface area contributed by atoms with Crippen LogP contribution in [0.4, 0.5) is 0 Å². The number of rotatable bonds is 8. The van der Waals surface area contributed by atoms with Gasteiger partial charge in [-0.3, -0.25) is 4.79 Å². The Morgan fingerprint density at radius 2 is 1.57 bits per heavy atom. The molecule has 332 valence electrons. The standard InChI is InChI=1S/C43H70O15/c1-21(45)54-29-28(48)23(47)19-53-34(29)58-43(52)32(49)25(18-44)56-35(33(43)50)55-24-16-26-39(7)17-22(46)30(40(8)13-10-27(57-40)37(4,5)51)38(39,6)14-15-41(26)20-42(41)12-9-11-36(2,3)31(24)42/h22-35,44,46-52H,9-20H2,1-8H3/t22-,23+,24-,25-,26?,27-,28-,29+,30+,31?,32-,33+,34-,35-,38+,39-,40?,41?,42+,43-/m1/s1. The summed E-state index contributed by atoms with van der Waals surface area (Å²) in [7, 11) is 0. The van der Waals surface area contributed by atoms with Gasteiger partial charge in [-0.1, -0.05) is 34.1 Å². The summed E-state index contributed by atoms with van der Waals surface area (Å²) in [4.78, 5) is 12.0. The molecule has 58 heavy (non-hydrogen) atoms. The zero-order chi connectivity index (χ0) is 42.4. The van der Waals surface area contributed by atoms with Crippen LogP contribution in [-0.2, 0) is 33.2 Å². The molecule has 0 bridgehead atoms. The summed E-state index contributed by atoms with van der Waals surface area (Å²) in [6, 6.07) is 0. The Kier molecular flexibility index (Phi) is 10.5. The van der Waals surface area contributed by atoms with E-state index in [0.29, 0.717) is 19.3 Å². The third-order valence-electron chi connectivity index (χ3n) is 17.8. The molecule has 3 saturated heterocycles. The number of fused-ring (bicyclic) bond motifs is 2. The van der Waals surface area contributed by atoms with Crippen molar-refractivity contribution in [3.8, 4) is 0 Å². The number of hydrogen-bond acceptors (Lipinski definition) is 15. The van der Waals surface area contributed by atoms with Crippen LogP contribution in [0.1, 0.15) is 120 Å². The first-order valence-corrected chi connectivity index (χ1v) is 21.8. The lowest BCUT2D eigenvalue weighted by Crippen LogP contribution is -2.71. The summed E-state index contributed by atoms with van der Waals surface area (Å²) < 4.78 is 36.4. The second kappa shape index (κ2) is 14.0. The summed E-state index contributed by atoms with van der Waals surface area (Å²) >= 11 is 0. The topological polar surface area (TPSA) is 234 Å². The third kappa shape index (κ3) is 6.10. The Morgan fingerprint density at radius 1 is 0.862 bits per heavy atom. The van der Waals surface area contributed by atoms with Crippen molar-refractivity contribution in [1.82, 2.24) is 0 Å². The number of aliphatic hydroxyl groups is 8. The largest absolute Gasteiger partial charge is 0.454 e. The van der Waals surface area contributed by atoms with Gasteiger partial charge in [-0.15, -0.1) is 0 Å². The van der Waals surface area contributed by atoms with Crippen LogP contribution < -0.4 is 0 Å². The van der Waals surface area contributed by atoms with Crippen molar-refractivity contribution >= 4 is 5.97 Å². The maximum Gasteiger partial charge on any atom is 0.303 e. The van der Waals surface area contributed by atoms with E-state index in [9.17, 15) is 45.6 Å². The van der Waals surface area contributed by atoms with Gasteiger partial charge in [-0.05, 0) is 117 Å². The second-order valence-corrected chi connectivity index (χ2v) is 21.8. The number of carbonyl (C=O) groups excluding carboxylic acids is 1. The zero-order valence-corrected chi connectivity index (χ0v) is 35.5. The van der Waals surface area contributed by atoms with Crippen LogP contribution in [0.25, 0.3) is 0 Å². The average Bonchev–Trinajstić information content (AvgIpc) is 3.47. The fourth-order valence-corrected chi connectivity index (χ4v) is 15.2. The van der Waals surface area contributed by atoms with Crippen LogP contribution in [0.2, 0.25) is 0 Å². The van der Waals surface area contributed by atoms with Crippen molar-refractivity contribution in [2.24, 2.45) is 44.8 Å². The molecule has 20 atom stereocenters. The monoisotopic (exact) mass is 826 g/mol. The molecule has 8 fully saturated rings. The number of ether oxygens (including phenoxy) is 6. The van der Waals surface area contributed by atoms with E-state index < -0.39 is 97.6 Å². The summed E-state index contributed by atoms with van der Waals surface area (Å²) in [5, 5.41) is 89.9. The molecule has 3 aliphatic heterocycles. The Balaban J connectivity index is 1.12. The minimum absolute atomic E-state index is 0.0281.